The van der Waals surface area contributed by atoms with Crippen LogP contribution in [0.3, 0.4) is 0 Å². The van der Waals surface area contributed by atoms with E-state index in [1.54, 1.807) is 0 Å². The zero-order chi connectivity index (χ0) is 30.0. The summed E-state index contributed by atoms with van der Waals surface area (Å²) in [6.07, 6.45) is 4.09. The number of rotatable bonds is 8. The van der Waals surface area contributed by atoms with Crippen LogP contribution in [-0.4, -0.2) is 55.1 Å². The largest absolute Gasteiger partial charge is 0.493 e. The van der Waals surface area contributed by atoms with Crippen LogP contribution in [0.4, 0.5) is 0 Å². The number of hydrogen-bond donors (Lipinski definition) is 1. The Balaban J connectivity index is 1.00. The molecule has 2 aliphatic carbocycles. The molecule has 2 aliphatic heterocycles. The first kappa shape index (κ1) is 28.6. The first-order valence-electron chi connectivity index (χ1n) is 15.6. The summed E-state index contributed by atoms with van der Waals surface area (Å²) in [5, 5.41) is 3.38. The predicted molar refractivity (Wildman–Crippen MR) is 164 cm³/mol. The third-order valence-corrected chi connectivity index (χ3v) is 13.1. The Morgan fingerprint density at radius 1 is 1.14 bits per heavy atom. The molecule has 1 amide bonds. The summed E-state index contributed by atoms with van der Waals surface area (Å²) in [5.41, 5.74) is 2.56. The Bertz CT molecular complexity index is 1630. The van der Waals surface area contributed by atoms with E-state index in [-0.39, 0.29) is 40.4 Å². The lowest BCUT2D eigenvalue weighted by molar-refractivity contribution is -0.133. The molecule has 3 aromatic rings. The summed E-state index contributed by atoms with van der Waals surface area (Å²) < 4.78 is 40.4. The second-order valence-corrected chi connectivity index (χ2v) is 15.5. The zero-order valence-electron chi connectivity index (χ0n) is 25.2. The number of amides is 1. The van der Waals surface area contributed by atoms with Crippen molar-refractivity contribution in [3.8, 4) is 17.2 Å². The van der Waals surface area contributed by atoms with Crippen molar-refractivity contribution in [3.05, 3.63) is 71.6 Å². The molecule has 0 radical (unpaired) electrons. The fraction of sp³-hybridized carbons (Fsp3) is 0.529. The van der Waals surface area contributed by atoms with Gasteiger partial charge in [0, 0.05) is 23.9 Å². The van der Waals surface area contributed by atoms with Crippen LogP contribution in [0.2, 0.25) is 0 Å². The van der Waals surface area contributed by atoms with Gasteiger partial charge in [0.25, 0.3) is 0 Å². The van der Waals surface area contributed by atoms with Gasteiger partial charge in [-0.2, -0.15) is 0 Å². The van der Waals surface area contributed by atoms with Crippen molar-refractivity contribution in [1.29, 1.82) is 0 Å². The molecular formula is C34H41N3O5S. The lowest BCUT2D eigenvalue weighted by Crippen LogP contribution is -2.47. The molecule has 2 bridgehead atoms. The van der Waals surface area contributed by atoms with Gasteiger partial charge in [0.2, 0.25) is 21.8 Å². The fourth-order valence-corrected chi connectivity index (χ4v) is 11.3. The average Bonchev–Trinajstić information content (AvgIpc) is 3.74. The maximum absolute atomic E-state index is 14.0. The lowest BCUT2D eigenvalue weighted by Gasteiger charge is -2.37. The molecule has 1 aromatic heterocycles. The van der Waals surface area contributed by atoms with Crippen LogP contribution in [0.1, 0.15) is 50.1 Å². The van der Waals surface area contributed by atoms with E-state index < -0.39 is 10.0 Å². The first-order valence-corrected chi connectivity index (χ1v) is 17.2. The molecule has 2 saturated carbocycles. The van der Waals surface area contributed by atoms with Gasteiger partial charge in [0.15, 0.2) is 0 Å². The van der Waals surface area contributed by atoms with Crippen LogP contribution < -0.4 is 10.1 Å². The number of ether oxygens (including phenoxy) is 1. The second-order valence-electron chi connectivity index (χ2n) is 13.6. The van der Waals surface area contributed by atoms with E-state index in [4.69, 9.17) is 9.15 Å². The number of oxazole rings is 1. The van der Waals surface area contributed by atoms with Crippen molar-refractivity contribution in [2.24, 2.45) is 28.6 Å². The minimum absolute atomic E-state index is 0.0234. The van der Waals surface area contributed by atoms with Crippen molar-refractivity contribution in [1.82, 2.24) is 14.6 Å². The van der Waals surface area contributed by atoms with Crippen molar-refractivity contribution in [2.75, 3.05) is 25.4 Å². The molecule has 1 N–H and O–H groups in total. The van der Waals surface area contributed by atoms with Crippen molar-refractivity contribution >= 4 is 15.9 Å². The molecule has 2 saturated heterocycles. The van der Waals surface area contributed by atoms with E-state index in [9.17, 15) is 13.2 Å². The Kier molecular flexibility index (Phi) is 6.97. The molecule has 7 rings (SSSR count). The van der Waals surface area contributed by atoms with Gasteiger partial charge in [-0.3, -0.25) is 4.79 Å². The highest BCUT2D eigenvalue weighted by atomic mass is 32.2. The van der Waals surface area contributed by atoms with Gasteiger partial charge in [0.1, 0.15) is 11.5 Å². The molecule has 228 valence electrons. The van der Waals surface area contributed by atoms with Crippen LogP contribution >= 0.6 is 0 Å². The summed E-state index contributed by atoms with van der Waals surface area (Å²) in [7, 11) is -3.63. The molecular weight excluding hydrogens is 562 g/mol. The number of nitrogens with zero attached hydrogens (tertiary/aromatic N) is 2. The highest BCUT2D eigenvalue weighted by Crippen LogP contribution is 2.70. The van der Waals surface area contributed by atoms with E-state index in [2.05, 4.69) is 30.2 Å². The number of fused-ring (bicyclic) bond motifs is 1. The number of hydrogen-bond acceptors (Lipinski definition) is 7. The molecule has 9 heteroatoms. The number of carbonyl (C=O) groups excluding carboxylic acids is 1. The molecule has 3 heterocycles. The van der Waals surface area contributed by atoms with Crippen LogP contribution in [-0.2, 0) is 27.7 Å². The maximum Gasteiger partial charge on any atom is 0.241 e. The van der Waals surface area contributed by atoms with Crippen molar-refractivity contribution in [3.63, 3.8) is 0 Å². The third-order valence-electron chi connectivity index (χ3n) is 11.2. The molecule has 5 atom stereocenters. The SMILES string of the molecule is Cc1oc(-c2ccccc2)nc1CCOc1cccc(C[C@H]2CNC[C@@H]2C(=O)N2C3CC4CC[C@@]3(CS2(=O)=O)C4(C)C)c1. The highest BCUT2D eigenvalue weighted by molar-refractivity contribution is 7.90. The first-order chi connectivity index (χ1) is 20.6. The molecule has 8 nitrogen and oxygen atoms in total. The monoisotopic (exact) mass is 603 g/mol. The smallest absolute Gasteiger partial charge is 0.241 e. The van der Waals surface area contributed by atoms with Crippen molar-refractivity contribution in [2.45, 2.75) is 58.9 Å². The number of carbonyl (C=O) groups is 1. The molecule has 43 heavy (non-hydrogen) atoms. The topological polar surface area (TPSA) is 102 Å². The number of benzene rings is 2. The Labute approximate surface area is 254 Å². The normalized spacial score (nSPS) is 30.1. The summed E-state index contributed by atoms with van der Waals surface area (Å²) in [6.45, 7) is 8.03. The molecule has 4 fully saturated rings. The van der Waals surface area contributed by atoms with Gasteiger partial charge < -0.3 is 14.5 Å². The van der Waals surface area contributed by atoms with Crippen LogP contribution in [0.15, 0.2) is 59.0 Å². The van der Waals surface area contributed by atoms with Crippen LogP contribution in [0.5, 0.6) is 5.75 Å². The van der Waals surface area contributed by atoms with Crippen LogP contribution in [0, 0.1) is 35.5 Å². The number of aromatic nitrogens is 1. The van der Waals surface area contributed by atoms with E-state index in [0.717, 1.165) is 47.6 Å². The van der Waals surface area contributed by atoms with Gasteiger partial charge in [-0.25, -0.2) is 17.7 Å². The summed E-state index contributed by atoms with van der Waals surface area (Å²) in [5.74, 6) is 2.25. The van der Waals surface area contributed by atoms with E-state index in [0.29, 0.717) is 44.3 Å². The highest BCUT2D eigenvalue weighted by Gasteiger charge is 2.72. The molecule has 1 spiro atoms. The van der Waals surface area contributed by atoms with Gasteiger partial charge in [-0.15, -0.1) is 0 Å². The van der Waals surface area contributed by atoms with Crippen LogP contribution in [0.25, 0.3) is 11.5 Å². The summed E-state index contributed by atoms with van der Waals surface area (Å²) in [6, 6.07) is 17.7. The number of nitrogens with one attached hydrogen (secondary N) is 1. The second kappa shape index (κ2) is 10.5. The average molecular weight is 604 g/mol. The van der Waals surface area contributed by atoms with Gasteiger partial charge in [-0.1, -0.05) is 44.2 Å². The van der Waals surface area contributed by atoms with Crippen molar-refractivity contribution < 1.29 is 22.4 Å². The zero-order valence-corrected chi connectivity index (χ0v) is 26.0. The van der Waals surface area contributed by atoms with Gasteiger partial charge in [0.05, 0.1) is 30.0 Å². The maximum atomic E-state index is 14.0. The van der Waals surface area contributed by atoms with E-state index in [1.165, 1.54) is 4.31 Å². The Morgan fingerprint density at radius 2 is 1.95 bits per heavy atom. The minimum Gasteiger partial charge on any atom is -0.493 e. The van der Waals surface area contributed by atoms with E-state index >= 15 is 0 Å². The minimum atomic E-state index is -3.63. The van der Waals surface area contributed by atoms with Gasteiger partial charge >= 0.3 is 0 Å². The lowest BCUT2D eigenvalue weighted by atomic mass is 9.69. The summed E-state index contributed by atoms with van der Waals surface area (Å²) >= 11 is 0. The molecule has 2 unspecified atom stereocenters. The quantitative estimate of drug-likeness (QED) is 0.386. The molecule has 2 aromatic carbocycles. The Hall–Kier alpha value is -3.17. The van der Waals surface area contributed by atoms with Gasteiger partial charge in [-0.05, 0) is 86.2 Å². The summed E-state index contributed by atoms with van der Waals surface area (Å²) in [4.78, 5) is 18.7. The third kappa shape index (κ3) is 4.70. The predicted octanol–water partition coefficient (Wildman–Crippen LogP) is 5.02. The fourth-order valence-electron chi connectivity index (χ4n) is 8.67. The standard InChI is InChI=1S/C34H41N3O5S/c1-22-29(36-31(42-22)24-9-5-4-6-10-24)13-15-41-27-11-7-8-23(17-27)16-25-19-35-20-28(25)32(38)37-30-18-26-12-14-34(30,33(26,2)3)21-43(37,39)40/h4-11,17,25-26,28,30,35H,12-16,18-21H2,1-3H3/t25-,26?,28-,30?,34-/m0/s1. The molecule has 4 aliphatic rings. The van der Waals surface area contributed by atoms with E-state index in [1.807, 2.05) is 55.5 Å². The number of sulfonamides is 1. The number of aryl methyl sites for hydroxylation is 1. The Morgan fingerprint density at radius 3 is 2.74 bits per heavy atom.